The molecule has 0 aliphatic heterocycles. The quantitative estimate of drug-likeness (QED) is 0.832. The van der Waals surface area contributed by atoms with Crippen LogP contribution in [-0.4, -0.2) is 7.11 Å². The van der Waals surface area contributed by atoms with E-state index in [1.807, 2.05) is 12.1 Å². The lowest BCUT2D eigenvalue weighted by atomic mass is 10.0. The molecule has 0 amide bonds. The van der Waals surface area contributed by atoms with Gasteiger partial charge in [-0.25, -0.2) is 0 Å². The minimum Gasteiger partial charge on any atom is -0.497 e. The van der Waals surface area contributed by atoms with Gasteiger partial charge in [-0.2, -0.15) is 0 Å². The van der Waals surface area contributed by atoms with Gasteiger partial charge in [0.05, 0.1) is 7.11 Å². The molecule has 0 saturated heterocycles. The third-order valence-electron chi connectivity index (χ3n) is 3.87. The molecule has 0 heterocycles. The lowest BCUT2D eigenvalue weighted by Crippen LogP contribution is -2.18. The summed E-state index contributed by atoms with van der Waals surface area (Å²) < 4.78 is 5.19. The number of ether oxygens (including phenoxy) is 1. The average Bonchev–Trinajstić information content (AvgIpc) is 2.53. The van der Waals surface area contributed by atoms with Crippen molar-refractivity contribution >= 4 is 0 Å². The normalized spacial score (nSPS) is 12.4. The molecule has 0 spiro atoms. The monoisotopic (exact) mass is 283 g/mol. The Labute approximate surface area is 128 Å². The SMILES string of the molecule is COc1ccc(C(C)NCc2ccc(C(C)C)cc2)cc1. The molecule has 2 aromatic carbocycles. The second-order valence-electron chi connectivity index (χ2n) is 5.77. The van der Waals surface area contributed by atoms with Gasteiger partial charge in [0, 0.05) is 12.6 Å². The van der Waals surface area contributed by atoms with Gasteiger partial charge < -0.3 is 10.1 Å². The van der Waals surface area contributed by atoms with E-state index in [4.69, 9.17) is 4.74 Å². The Morgan fingerprint density at radius 3 is 1.95 bits per heavy atom. The van der Waals surface area contributed by atoms with Crippen molar-refractivity contribution in [1.29, 1.82) is 0 Å². The predicted octanol–water partition coefficient (Wildman–Crippen LogP) is 4.67. The van der Waals surface area contributed by atoms with Gasteiger partial charge in [0.15, 0.2) is 0 Å². The number of hydrogen-bond acceptors (Lipinski definition) is 2. The van der Waals surface area contributed by atoms with E-state index in [1.165, 1.54) is 16.7 Å². The Bertz CT molecular complexity index is 543. The van der Waals surface area contributed by atoms with E-state index < -0.39 is 0 Å². The highest BCUT2D eigenvalue weighted by Gasteiger charge is 2.05. The van der Waals surface area contributed by atoms with Crippen molar-refractivity contribution in [2.24, 2.45) is 0 Å². The van der Waals surface area contributed by atoms with Crippen molar-refractivity contribution in [3.63, 3.8) is 0 Å². The van der Waals surface area contributed by atoms with Crippen LogP contribution in [0.15, 0.2) is 48.5 Å². The molecule has 1 N–H and O–H groups in total. The predicted molar refractivity (Wildman–Crippen MR) is 88.8 cm³/mol. The van der Waals surface area contributed by atoms with Crippen LogP contribution in [0.5, 0.6) is 5.75 Å². The van der Waals surface area contributed by atoms with Gasteiger partial charge >= 0.3 is 0 Å². The highest BCUT2D eigenvalue weighted by atomic mass is 16.5. The van der Waals surface area contributed by atoms with Crippen LogP contribution < -0.4 is 10.1 Å². The largest absolute Gasteiger partial charge is 0.497 e. The Hall–Kier alpha value is -1.80. The maximum absolute atomic E-state index is 5.19. The zero-order valence-corrected chi connectivity index (χ0v) is 13.4. The zero-order chi connectivity index (χ0) is 15.2. The first-order valence-electron chi connectivity index (χ1n) is 7.56. The molecular weight excluding hydrogens is 258 g/mol. The summed E-state index contributed by atoms with van der Waals surface area (Å²) in [5.74, 6) is 1.49. The number of benzene rings is 2. The Kier molecular flexibility index (Phi) is 5.40. The van der Waals surface area contributed by atoms with E-state index in [-0.39, 0.29) is 0 Å². The smallest absolute Gasteiger partial charge is 0.118 e. The fraction of sp³-hybridized carbons (Fsp3) is 0.368. The molecule has 2 aromatic rings. The maximum Gasteiger partial charge on any atom is 0.118 e. The third kappa shape index (κ3) is 4.33. The summed E-state index contributed by atoms with van der Waals surface area (Å²) >= 11 is 0. The first-order valence-corrected chi connectivity index (χ1v) is 7.56. The van der Waals surface area contributed by atoms with E-state index in [0.717, 1.165) is 12.3 Å². The van der Waals surface area contributed by atoms with Crippen molar-refractivity contribution in [2.75, 3.05) is 7.11 Å². The van der Waals surface area contributed by atoms with Crippen molar-refractivity contribution in [3.8, 4) is 5.75 Å². The van der Waals surface area contributed by atoms with Crippen LogP contribution in [0, 0.1) is 0 Å². The van der Waals surface area contributed by atoms with Crippen LogP contribution in [-0.2, 0) is 6.54 Å². The van der Waals surface area contributed by atoms with Crippen LogP contribution >= 0.6 is 0 Å². The number of nitrogens with one attached hydrogen (secondary N) is 1. The maximum atomic E-state index is 5.19. The Morgan fingerprint density at radius 2 is 1.43 bits per heavy atom. The second-order valence-corrected chi connectivity index (χ2v) is 5.77. The molecule has 0 fully saturated rings. The minimum atomic E-state index is 0.320. The summed E-state index contributed by atoms with van der Waals surface area (Å²) in [4.78, 5) is 0. The van der Waals surface area contributed by atoms with Crippen LogP contribution in [0.4, 0.5) is 0 Å². The molecule has 2 nitrogen and oxygen atoms in total. The highest BCUT2D eigenvalue weighted by molar-refractivity contribution is 5.29. The van der Waals surface area contributed by atoms with Gasteiger partial charge in [-0.05, 0) is 41.7 Å². The summed E-state index contributed by atoms with van der Waals surface area (Å²) in [5.41, 5.74) is 3.98. The van der Waals surface area contributed by atoms with E-state index in [2.05, 4.69) is 62.5 Å². The summed E-state index contributed by atoms with van der Waals surface area (Å²) in [5, 5.41) is 3.56. The Balaban J connectivity index is 1.92. The molecule has 112 valence electrons. The van der Waals surface area contributed by atoms with Gasteiger partial charge in [-0.1, -0.05) is 50.2 Å². The van der Waals surface area contributed by atoms with Crippen molar-refractivity contribution in [1.82, 2.24) is 5.32 Å². The highest BCUT2D eigenvalue weighted by Crippen LogP contribution is 2.18. The summed E-state index contributed by atoms with van der Waals surface area (Å²) in [6.07, 6.45) is 0. The van der Waals surface area contributed by atoms with E-state index in [9.17, 15) is 0 Å². The van der Waals surface area contributed by atoms with Gasteiger partial charge in [-0.3, -0.25) is 0 Å². The fourth-order valence-electron chi connectivity index (χ4n) is 2.30. The lowest BCUT2D eigenvalue weighted by Gasteiger charge is -2.15. The third-order valence-corrected chi connectivity index (χ3v) is 3.87. The summed E-state index contributed by atoms with van der Waals surface area (Å²) in [6.45, 7) is 7.51. The second kappa shape index (κ2) is 7.28. The summed E-state index contributed by atoms with van der Waals surface area (Å²) in [6, 6.07) is 17.4. The van der Waals surface area contributed by atoms with Crippen molar-refractivity contribution in [2.45, 2.75) is 39.3 Å². The number of methoxy groups -OCH3 is 1. The molecule has 0 saturated carbocycles. The van der Waals surface area contributed by atoms with E-state index in [0.29, 0.717) is 12.0 Å². The molecule has 1 unspecified atom stereocenters. The molecule has 0 aromatic heterocycles. The standard InChI is InChI=1S/C19H25NO/c1-14(2)17-7-5-16(6-8-17)13-20-15(3)18-9-11-19(21-4)12-10-18/h5-12,14-15,20H,13H2,1-4H3. The Morgan fingerprint density at radius 1 is 0.857 bits per heavy atom. The van der Waals surface area contributed by atoms with Crippen LogP contribution in [0.25, 0.3) is 0 Å². The topological polar surface area (TPSA) is 21.3 Å². The average molecular weight is 283 g/mol. The minimum absolute atomic E-state index is 0.320. The lowest BCUT2D eigenvalue weighted by molar-refractivity contribution is 0.414. The van der Waals surface area contributed by atoms with Gasteiger partial charge in [0.2, 0.25) is 0 Å². The first kappa shape index (κ1) is 15.6. The molecular formula is C19H25NO. The van der Waals surface area contributed by atoms with Crippen LogP contribution in [0.1, 0.15) is 49.4 Å². The van der Waals surface area contributed by atoms with Gasteiger partial charge in [0.25, 0.3) is 0 Å². The number of hydrogen-bond donors (Lipinski definition) is 1. The zero-order valence-electron chi connectivity index (χ0n) is 13.4. The molecule has 1 atom stereocenters. The molecule has 0 bridgehead atoms. The van der Waals surface area contributed by atoms with Gasteiger partial charge in [0.1, 0.15) is 5.75 Å². The van der Waals surface area contributed by atoms with Crippen LogP contribution in [0.3, 0.4) is 0 Å². The summed E-state index contributed by atoms with van der Waals surface area (Å²) in [7, 11) is 1.69. The van der Waals surface area contributed by atoms with E-state index >= 15 is 0 Å². The molecule has 0 radical (unpaired) electrons. The molecule has 2 rings (SSSR count). The van der Waals surface area contributed by atoms with E-state index in [1.54, 1.807) is 7.11 Å². The molecule has 2 heteroatoms. The van der Waals surface area contributed by atoms with Crippen LogP contribution in [0.2, 0.25) is 0 Å². The first-order chi connectivity index (χ1) is 10.1. The molecule has 0 aliphatic carbocycles. The fourth-order valence-corrected chi connectivity index (χ4v) is 2.30. The molecule has 0 aliphatic rings. The van der Waals surface area contributed by atoms with Crippen molar-refractivity contribution < 1.29 is 4.74 Å². The number of rotatable bonds is 6. The molecule has 21 heavy (non-hydrogen) atoms. The van der Waals surface area contributed by atoms with Gasteiger partial charge in [-0.15, -0.1) is 0 Å². The van der Waals surface area contributed by atoms with Crippen molar-refractivity contribution in [3.05, 3.63) is 65.2 Å².